The highest BCUT2D eigenvalue weighted by molar-refractivity contribution is 6.35. The summed E-state index contributed by atoms with van der Waals surface area (Å²) in [5.41, 5.74) is 2.46. The molecule has 0 amide bonds. The number of carboxylic acid groups (broad SMARTS) is 1. The number of carboxylic acids is 1. The van der Waals surface area contributed by atoms with E-state index in [1.54, 1.807) is 6.07 Å². The first-order valence-electron chi connectivity index (χ1n) is 10.9. The molecule has 1 aromatic heterocycles. The third-order valence-corrected chi connectivity index (χ3v) is 6.77. The van der Waals surface area contributed by atoms with Gasteiger partial charge in [-0.3, -0.25) is 4.79 Å². The molecule has 2 aromatic carbocycles. The topological polar surface area (TPSA) is 84.3 Å². The van der Waals surface area contributed by atoms with E-state index in [1.807, 2.05) is 42.5 Å². The summed E-state index contributed by atoms with van der Waals surface area (Å²) < 4.78 is 5.31. The third-order valence-electron chi connectivity index (χ3n) is 6.18. The van der Waals surface area contributed by atoms with Crippen molar-refractivity contribution < 1.29 is 14.6 Å². The molecule has 1 heterocycles. The molecule has 180 valence electrons. The Morgan fingerprint density at radius 3 is 2.56 bits per heavy atom. The molecule has 1 aliphatic carbocycles. The third kappa shape index (κ3) is 5.57. The largest absolute Gasteiger partial charge is 0.481 e. The molecule has 0 unspecified atom stereocenters. The number of nitrogens with one attached hydrogen (secondary N) is 1. The molecule has 0 bridgehead atoms. The molecule has 2 N–H and O–H groups in total. The van der Waals surface area contributed by atoms with Gasteiger partial charge < -0.3 is 15.2 Å². The van der Waals surface area contributed by atoms with Crippen LogP contribution in [0.4, 0.5) is 5.82 Å². The predicted octanol–water partition coefficient (Wildman–Crippen LogP) is 6.43. The van der Waals surface area contributed by atoms with Crippen molar-refractivity contribution >= 4 is 47.4 Å². The van der Waals surface area contributed by atoms with Crippen LogP contribution < -0.4 is 10.1 Å². The number of aliphatic carboxylic acids is 1. The molecule has 4 rings (SSSR count). The molecule has 6 nitrogen and oxygen atoms in total. The van der Waals surface area contributed by atoms with Gasteiger partial charge in [-0.05, 0) is 48.6 Å². The van der Waals surface area contributed by atoms with Gasteiger partial charge in [-0.25, -0.2) is 0 Å². The number of nitrogens with zero attached hydrogens (tertiary/aromatic N) is 2. The maximum Gasteiger partial charge on any atom is 0.318 e. The first kappa shape index (κ1) is 26.1. The molecule has 1 aliphatic rings. The Labute approximate surface area is 215 Å². The number of hydrogen-bond acceptors (Lipinski definition) is 5. The number of halogens is 3. The highest BCUT2D eigenvalue weighted by Gasteiger charge is 2.42. The zero-order valence-corrected chi connectivity index (χ0v) is 21.0. The van der Waals surface area contributed by atoms with E-state index in [4.69, 9.17) is 27.9 Å². The molecule has 1 saturated carbocycles. The summed E-state index contributed by atoms with van der Waals surface area (Å²) in [5.74, 6) is -0.151. The number of methoxy groups -OCH3 is 1. The maximum atomic E-state index is 12.1. The molecule has 3 aromatic rings. The second-order valence-electron chi connectivity index (χ2n) is 8.21. The molecule has 9 heteroatoms. The van der Waals surface area contributed by atoms with Crippen LogP contribution in [0.25, 0.3) is 11.3 Å². The predicted molar refractivity (Wildman–Crippen MR) is 138 cm³/mol. The molecule has 0 spiro atoms. The molecule has 0 saturated heterocycles. The quantitative estimate of drug-likeness (QED) is 0.354. The van der Waals surface area contributed by atoms with E-state index in [1.165, 1.54) is 7.11 Å². The molecule has 0 aliphatic heterocycles. The smallest absolute Gasteiger partial charge is 0.318 e. The molecule has 0 atom stereocenters. The van der Waals surface area contributed by atoms with Gasteiger partial charge in [0.25, 0.3) is 0 Å². The van der Waals surface area contributed by atoms with Gasteiger partial charge in [0.2, 0.25) is 0 Å². The Kier molecular flexibility index (Phi) is 8.63. The van der Waals surface area contributed by atoms with Crippen LogP contribution in [0.2, 0.25) is 10.0 Å². The molecule has 1 fully saturated rings. The lowest BCUT2D eigenvalue weighted by Gasteiger charge is -2.25. The van der Waals surface area contributed by atoms with Crippen LogP contribution in [0.5, 0.6) is 6.01 Å². The Bertz CT molecular complexity index is 1170. The number of carbonyl (C=O) groups is 1. The fraction of sp³-hybridized carbons (Fsp3) is 0.320. The average molecular weight is 523 g/mol. The van der Waals surface area contributed by atoms with Crippen molar-refractivity contribution in [1.82, 2.24) is 9.97 Å². The van der Waals surface area contributed by atoms with Crippen LogP contribution in [-0.2, 0) is 16.6 Å². The standard InChI is InChI=1S/C25H25Cl2N3O3.ClH/c1-33-24-29-21(15-22(30-24)28-12-9-16-7-8-19(26)14-20(16)27)17-5-4-6-18(13-17)25(23(31)32)10-2-3-11-25;/h4-8,13-15H,2-3,9-12H2,1H3,(H,31,32)(H,28,29,30);1H. The van der Waals surface area contributed by atoms with E-state index < -0.39 is 11.4 Å². The highest BCUT2D eigenvalue weighted by atomic mass is 35.5. The summed E-state index contributed by atoms with van der Waals surface area (Å²) >= 11 is 12.2. The minimum absolute atomic E-state index is 0. The molecular weight excluding hydrogens is 497 g/mol. The van der Waals surface area contributed by atoms with Crippen LogP contribution in [-0.4, -0.2) is 34.7 Å². The fourth-order valence-electron chi connectivity index (χ4n) is 4.39. The number of ether oxygens (including phenoxy) is 1. The van der Waals surface area contributed by atoms with Crippen molar-refractivity contribution in [3.05, 3.63) is 69.7 Å². The number of benzene rings is 2. The second-order valence-corrected chi connectivity index (χ2v) is 9.06. The van der Waals surface area contributed by atoms with Crippen molar-refractivity contribution in [2.24, 2.45) is 0 Å². The normalized spacial score (nSPS) is 14.3. The Hall–Kier alpha value is -2.54. The molecular formula is C25H26Cl3N3O3. The lowest BCUT2D eigenvalue weighted by molar-refractivity contribution is -0.143. The van der Waals surface area contributed by atoms with Crippen LogP contribution in [0.1, 0.15) is 36.8 Å². The van der Waals surface area contributed by atoms with Crippen molar-refractivity contribution in [2.45, 2.75) is 37.5 Å². The summed E-state index contributed by atoms with van der Waals surface area (Å²) in [6.07, 6.45) is 3.83. The van der Waals surface area contributed by atoms with Crippen LogP contribution in [0.15, 0.2) is 48.5 Å². The van der Waals surface area contributed by atoms with E-state index in [0.29, 0.717) is 47.4 Å². The van der Waals surface area contributed by atoms with E-state index in [2.05, 4.69) is 15.3 Å². The van der Waals surface area contributed by atoms with Gasteiger partial charge in [-0.2, -0.15) is 9.97 Å². The Morgan fingerprint density at radius 2 is 1.88 bits per heavy atom. The van der Waals surface area contributed by atoms with E-state index >= 15 is 0 Å². The lowest BCUT2D eigenvalue weighted by atomic mass is 9.78. The Balaban J connectivity index is 0.00000324. The first-order chi connectivity index (χ1) is 15.9. The van der Waals surface area contributed by atoms with Gasteiger partial charge in [0.05, 0.1) is 18.2 Å². The summed E-state index contributed by atoms with van der Waals surface area (Å²) in [7, 11) is 1.52. The summed E-state index contributed by atoms with van der Waals surface area (Å²) in [6.45, 7) is 0.600. The summed E-state index contributed by atoms with van der Waals surface area (Å²) in [4.78, 5) is 21.0. The van der Waals surface area contributed by atoms with Gasteiger partial charge in [-0.15, -0.1) is 12.4 Å². The van der Waals surface area contributed by atoms with Crippen LogP contribution in [0, 0.1) is 0 Å². The lowest BCUT2D eigenvalue weighted by Crippen LogP contribution is -2.32. The van der Waals surface area contributed by atoms with Crippen molar-refractivity contribution in [1.29, 1.82) is 0 Å². The van der Waals surface area contributed by atoms with E-state index in [0.717, 1.165) is 29.5 Å². The number of aromatic nitrogens is 2. The second kappa shape index (κ2) is 11.3. The highest BCUT2D eigenvalue weighted by Crippen LogP contribution is 2.42. The summed E-state index contributed by atoms with van der Waals surface area (Å²) in [6, 6.07) is 15.2. The first-order valence-corrected chi connectivity index (χ1v) is 11.6. The number of hydrogen-bond donors (Lipinski definition) is 2. The van der Waals surface area contributed by atoms with Gasteiger partial charge >= 0.3 is 12.0 Å². The van der Waals surface area contributed by atoms with Crippen LogP contribution in [0.3, 0.4) is 0 Å². The van der Waals surface area contributed by atoms with E-state index in [9.17, 15) is 9.90 Å². The minimum Gasteiger partial charge on any atom is -0.481 e. The Morgan fingerprint density at radius 1 is 1.12 bits per heavy atom. The number of rotatable bonds is 8. The van der Waals surface area contributed by atoms with Gasteiger partial charge in [0.1, 0.15) is 5.82 Å². The van der Waals surface area contributed by atoms with Crippen LogP contribution >= 0.6 is 35.6 Å². The molecule has 34 heavy (non-hydrogen) atoms. The fourth-order valence-corrected chi connectivity index (χ4v) is 4.89. The van der Waals surface area contributed by atoms with E-state index in [-0.39, 0.29) is 18.4 Å². The number of anilines is 1. The van der Waals surface area contributed by atoms with Crippen molar-refractivity contribution in [3.8, 4) is 17.3 Å². The SMILES string of the molecule is COc1nc(NCCc2ccc(Cl)cc2Cl)cc(-c2cccc(C3(C(=O)O)CCCC3)c2)n1.Cl. The summed E-state index contributed by atoms with van der Waals surface area (Å²) in [5, 5.41) is 14.5. The van der Waals surface area contributed by atoms with Crippen molar-refractivity contribution in [3.63, 3.8) is 0 Å². The van der Waals surface area contributed by atoms with Gasteiger partial charge in [-0.1, -0.05) is 60.3 Å². The monoisotopic (exact) mass is 521 g/mol. The average Bonchev–Trinajstić information content (AvgIpc) is 3.32. The minimum atomic E-state index is -0.827. The van der Waals surface area contributed by atoms with Gasteiger partial charge in [0, 0.05) is 28.2 Å². The molecule has 0 radical (unpaired) electrons. The van der Waals surface area contributed by atoms with Gasteiger partial charge in [0.15, 0.2) is 0 Å². The zero-order chi connectivity index (χ0) is 23.4. The van der Waals surface area contributed by atoms with Crippen molar-refractivity contribution in [2.75, 3.05) is 19.0 Å². The zero-order valence-electron chi connectivity index (χ0n) is 18.7. The maximum absolute atomic E-state index is 12.1.